The molecule has 6 heteroatoms. The molecule has 4 rings (SSSR count). The number of H-pyrrole nitrogens is 1. The number of benzene rings is 2. The summed E-state index contributed by atoms with van der Waals surface area (Å²) in [5.74, 6) is -0.142. The number of aromatic amines is 1. The first-order valence-corrected chi connectivity index (χ1v) is 10.4. The predicted octanol–water partition coefficient (Wildman–Crippen LogP) is 4.63. The number of hydrogen-bond donors (Lipinski definition) is 2. The number of carbonyl (C=O) groups is 2. The van der Waals surface area contributed by atoms with Crippen LogP contribution in [0.15, 0.2) is 54.7 Å². The number of amides is 2. The third kappa shape index (κ3) is 4.62. The van der Waals surface area contributed by atoms with E-state index in [0.717, 1.165) is 29.3 Å². The van der Waals surface area contributed by atoms with Gasteiger partial charge in [-0.15, -0.1) is 0 Å². The standard InChI is InChI=1S/C23H24ClN3O2/c24-18-6-3-7-19(13-18)26-23(29)17-5-4-12-27(15-17)22(28)11-10-16-14-25-21-9-2-1-8-20(16)21/h1-3,6-9,13-14,17,25H,4-5,10-12,15H2,(H,26,29)/t17-/m0/s1. The lowest BCUT2D eigenvalue weighted by atomic mass is 9.96. The number of fused-ring (bicyclic) bond motifs is 1. The minimum atomic E-state index is -0.195. The molecular weight excluding hydrogens is 386 g/mol. The average molecular weight is 410 g/mol. The highest BCUT2D eigenvalue weighted by Crippen LogP contribution is 2.23. The van der Waals surface area contributed by atoms with E-state index in [9.17, 15) is 9.59 Å². The largest absolute Gasteiger partial charge is 0.361 e. The third-order valence-electron chi connectivity index (χ3n) is 5.52. The van der Waals surface area contributed by atoms with Gasteiger partial charge in [-0.3, -0.25) is 9.59 Å². The normalized spacial score (nSPS) is 16.7. The third-order valence-corrected chi connectivity index (χ3v) is 5.76. The number of nitrogens with zero attached hydrogens (tertiary/aromatic N) is 1. The Morgan fingerprint density at radius 3 is 2.90 bits per heavy atom. The number of nitrogens with one attached hydrogen (secondary N) is 2. The molecule has 1 fully saturated rings. The summed E-state index contributed by atoms with van der Waals surface area (Å²) in [6.45, 7) is 1.19. The van der Waals surface area contributed by atoms with E-state index in [1.54, 1.807) is 18.2 Å². The Balaban J connectivity index is 1.34. The van der Waals surface area contributed by atoms with Crippen molar-refractivity contribution in [2.24, 2.45) is 5.92 Å². The molecule has 0 bridgehead atoms. The first-order valence-electron chi connectivity index (χ1n) is 9.99. The summed E-state index contributed by atoms with van der Waals surface area (Å²) in [6.07, 6.45) is 4.75. The second-order valence-corrected chi connectivity index (χ2v) is 7.97. The second kappa shape index (κ2) is 8.70. The number of halogens is 1. The summed E-state index contributed by atoms with van der Waals surface area (Å²) in [4.78, 5) is 30.5. The van der Waals surface area contributed by atoms with Crippen molar-refractivity contribution in [2.75, 3.05) is 18.4 Å². The van der Waals surface area contributed by atoms with Crippen LogP contribution in [-0.2, 0) is 16.0 Å². The molecule has 2 amide bonds. The highest BCUT2D eigenvalue weighted by atomic mass is 35.5. The van der Waals surface area contributed by atoms with E-state index in [0.29, 0.717) is 36.6 Å². The quantitative estimate of drug-likeness (QED) is 0.645. The highest BCUT2D eigenvalue weighted by Gasteiger charge is 2.28. The fourth-order valence-corrected chi connectivity index (χ4v) is 4.16. The molecule has 0 aliphatic carbocycles. The van der Waals surface area contributed by atoms with Gasteiger partial charge in [0.1, 0.15) is 0 Å². The van der Waals surface area contributed by atoms with Gasteiger partial charge in [-0.1, -0.05) is 35.9 Å². The second-order valence-electron chi connectivity index (χ2n) is 7.54. The Morgan fingerprint density at radius 1 is 1.17 bits per heavy atom. The zero-order valence-corrected chi connectivity index (χ0v) is 16.9. The van der Waals surface area contributed by atoms with Gasteiger partial charge in [0.25, 0.3) is 0 Å². The summed E-state index contributed by atoms with van der Waals surface area (Å²) < 4.78 is 0. The van der Waals surface area contributed by atoms with Crippen molar-refractivity contribution in [2.45, 2.75) is 25.7 Å². The molecule has 5 nitrogen and oxygen atoms in total. The van der Waals surface area contributed by atoms with Crippen LogP contribution in [0.2, 0.25) is 5.02 Å². The van der Waals surface area contributed by atoms with Crippen molar-refractivity contribution in [1.82, 2.24) is 9.88 Å². The number of anilines is 1. The summed E-state index contributed by atoms with van der Waals surface area (Å²) in [6, 6.07) is 15.2. The molecular formula is C23H24ClN3O2. The van der Waals surface area contributed by atoms with Crippen LogP contribution in [0.3, 0.4) is 0 Å². The van der Waals surface area contributed by atoms with Gasteiger partial charge in [0.05, 0.1) is 5.92 Å². The summed E-state index contributed by atoms with van der Waals surface area (Å²) in [7, 11) is 0. The molecule has 2 N–H and O–H groups in total. The lowest BCUT2D eigenvalue weighted by molar-refractivity contribution is -0.134. The number of aryl methyl sites for hydroxylation is 1. The van der Waals surface area contributed by atoms with Crippen LogP contribution >= 0.6 is 11.6 Å². The fourth-order valence-electron chi connectivity index (χ4n) is 3.97. The molecule has 0 saturated carbocycles. The van der Waals surface area contributed by atoms with Crippen LogP contribution in [-0.4, -0.2) is 34.8 Å². The molecule has 0 radical (unpaired) electrons. The van der Waals surface area contributed by atoms with Crippen LogP contribution in [0.5, 0.6) is 0 Å². The number of hydrogen-bond acceptors (Lipinski definition) is 2. The van der Waals surface area contributed by atoms with Gasteiger partial charge in [-0.25, -0.2) is 0 Å². The Hall–Kier alpha value is -2.79. The monoisotopic (exact) mass is 409 g/mol. The van der Waals surface area contributed by atoms with E-state index in [4.69, 9.17) is 11.6 Å². The first-order chi connectivity index (χ1) is 14.1. The molecule has 1 aliphatic heterocycles. The SMILES string of the molecule is O=C(Nc1cccc(Cl)c1)[C@H]1CCCN(C(=O)CCc2c[nH]c3ccccc23)C1. The lowest BCUT2D eigenvalue weighted by Gasteiger charge is -2.32. The zero-order valence-electron chi connectivity index (χ0n) is 16.2. The van der Waals surface area contributed by atoms with Crippen LogP contribution in [0.4, 0.5) is 5.69 Å². The van der Waals surface area contributed by atoms with Crippen molar-refractivity contribution in [3.05, 3.63) is 65.3 Å². The minimum Gasteiger partial charge on any atom is -0.361 e. The Kier molecular flexibility index (Phi) is 5.86. The fraction of sp³-hybridized carbons (Fsp3) is 0.304. The maximum absolute atomic E-state index is 12.8. The van der Waals surface area contributed by atoms with E-state index in [-0.39, 0.29) is 17.7 Å². The van der Waals surface area contributed by atoms with Crippen LogP contribution < -0.4 is 5.32 Å². The number of aromatic nitrogens is 1. The van der Waals surface area contributed by atoms with E-state index >= 15 is 0 Å². The van der Waals surface area contributed by atoms with Crippen molar-refractivity contribution < 1.29 is 9.59 Å². The van der Waals surface area contributed by atoms with Gasteiger partial charge in [-0.2, -0.15) is 0 Å². The molecule has 0 unspecified atom stereocenters. The lowest BCUT2D eigenvalue weighted by Crippen LogP contribution is -2.43. The Bertz CT molecular complexity index is 1030. The molecule has 3 aromatic rings. The predicted molar refractivity (Wildman–Crippen MR) is 116 cm³/mol. The van der Waals surface area contributed by atoms with Gasteiger partial charge in [0.15, 0.2) is 0 Å². The van der Waals surface area contributed by atoms with Crippen LogP contribution in [0, 0.1) is 5.92 Å². The zero-order chi connectivity index (χ0) is 20.2. The molecule has 1 saturated heterocycles. The van der Waals surface area contributed by atoms with Crippen LogP contribution in [0.1, 0.15) is 24.8 Å². The molecule has 2 aromatic carbocycles. The van der Waals surface area contributed by atoms with Gasteiger partial charge in [0, 0.05) is 47.3 Å². The Labute approximate surface area is 175 Å². The molecule has 0 spiro atoms. The van der Waals surface area contributed by atoms with Crippen molar-refractivity contribution in [3.8, 4) is 0 Å². The molecule has 1 atom stereocenters. The van der Waals surface area contributed by atoms with Gasteiger partial charge >= 0.3 is 0 Å². The van der Waals surface area contributed by atoms with E-state index in [2.05, 4.69) is 16.4 Å². The summed E-state index contributed by atoms with van der Waals surface area (Å²) >= 11 is 5.99. The molecule has 1 aliphatic rings. The first kappa shape index (κ1) is 19.5. The average Bonchev–Trinajstić information content (AvgIpc) is 3.15. The van der Waals surface area contributed by atoms with E-state index in [1.807, 2.05) is 35.4 Å². The van der Waals surface area contributed by atoms with Crippen molar-refractivity contribution in [1.29, 1.82) is 0 Å². The topological polar surface area (TPSA) is 65.2 Å². The smallest absolute Gasteiger partial charge is 0.229 e. The van der Waals surface area contributed by atoms with E-state index in [1.165, 1.54) is 0 Å². The van der Waals surface area contributed by atoms with E-state index < -0.39 is 0 Å². The summed E-state index contributed by atoms with van der Waals surface area (Å²) in [5.41, 5.74) is 2.93. The van der Waals surface area contributed by atoms with Crippen molar-refractivity contribution in [3.63, 3.8) is 0 Å². The number of piperidine rings is 1. The number of carbonyl (C=O) groups excluding carboxylic acids is 2. The highest BCUT2D eigenvalue weighted by molar-refractivity contribution is 6.30. The minimum absolute atomic E-state index is 0.0543. The number of para-hydroxylation sites is 1. The van der Waals surface area contributed by atoms with Crippen molar-refractivity contribution >= 4 is 40.0 Å². The number of rotatable bonds is 5. The van der Waals surface area contributed by atoms with Gasteiger partial charge in [-0.05, 0) is 49.1 Å². The maximum Gasteiger partial charge on any atom is 0.229 e. The molecule has 150 valence electrons. The summed E-state index contributed by atoms with van der Waals surface area (Å²) in [5, 5.41) is 4.67. The molecule has 29 heavy (non-hydrogen) atoms. The Morgan fingerprint density at radius 2 is 2.03 bits per heavy atom. The van der Waals surface area contributed by atoms with Gasteiger partial charge < -0.3 is 15.2 Å². The van der Waals surface area contributed by atoms with Gasteiger partial charge in [0.2, 0.25) is 11.8 Å². The maximum atomic E-state index is 12.8. The number of likely N-dealkylation sites (tertiary alicyclic amines) is 1. The molecule has 1 aromatic heterocycles. The molecule has 2 heterocycles. The van der Waals surface area contributed by atoms with Crippen LogP contribution in [0.25, 0.3) is 10.9 Å².